The Hall–Kier alpha value is -2.29. The predicted molar refractivity (Wildman–Crippen MR) is 84.5 cm³/mol. The van der Waals surface area contributed by atoms with Gasteiger partial charge in [0.15, 0.2) is 0 Å². The SMILES string of the molecule is COc1ccc(Cl)cc1NC(=O)/C(C#N)=C/c1cccs1. The summed E-state index contributed by atoms with van der Waals surface area (Å²) in [6.45, 7) is 0. The lowest BCUT2D eigenvalue weighted by Crippen LogP contribution is -2.14. The van der Waals surface area contributed by atoms with Crippen LogP contribution in [0.25, 0.3) is 6.08 Å². The summed E-state index contributed by atoms with van der Waals surface area (Å²) >= 11 is 7.35. The molecule has 1 aromatic carbocycles. The van der Waals surface area contributed by atoms with Gasteiger partial charge in [0.25, 0.3) is 5.91 Å². The largest absolute Gasteiger partial charge is 0.495 e. The Labute approximate surface area is 131 Å². The van der Waals surface area contributed by atoms with Crippen LogP contribution in [0.2, 0.25) is 5.02 Å². The molecule has 0 aliphatic carbocycles. The third-order valence-corrected chi connectivity index (χ3v) is 3.66. The number of anilines is 1. The van der Waals surface area contributed by atoms with E-state index in [2.05, 4.69) is 5.32 Å². The van der Waals surface area contributed by atoms with Gasteiger partial charge in [0.1, 0.15) is 17.4 Å². The van der Waals surface area contributed by atoms with Gasteiger partial charge in [0.05, 0.1) is 12.8 Å². The third kappa shape index (κ3) is 3.85. The van der Waals surface area contributed by atoms with Crippen molar-refractivity contribution in [3.63, 3.8) is 0 Å². The number of rotatable bonds is 4. The molecule has 0 saturated heterocycles. The second kappa shape index (κ2) is 6.93. The van der Waals surface area contributed by atoms with Gasteiger partial charge in [0.2, 0.25) is 0 Å². The molecular weight excluding hydrogens is 308 g/mol. The van der Waals surface area contributed by atoms with E-state index in [-0.39, 0.29) is 5.57 Å². The number of halogens is 1. The molecule has 4 nitrogen and oxygen atoms in total. The van der Waals surface area contributed by atoms with Gasteiger partial charge >= 0.3 is 0 Å². The molecule has 0 atom stereocenters. The molecule has 1 heterocycles. The minimum Gasteiger partial charge on any atom is -0.495 e. The third-order valence-electron chi connectivity index (χ3n) is 2.60. The van der Waals surface area contributed by atoms with Crippen molar-refractivity contribution in [3.8, 4) is 11.8 Å². The average molecular weight is 319 g/mol. The fraction of sp³-hybridized carbons (Fsp3) is 0.0667. The van der Waals surface area contributed by atoms with Crippen LogP contribution in [0.1, 0.15) is 4.88 Å². The number of methoxy groups -OCH3 is 1. The molecule has 2 rings (SSSR count). The molecule has 0 spiro atoms. The van der Waals surface area contributed by atoms with Crippen LogP contribution in [0.3, 0.4) is 0 Å². The van der Waals surface area contributed by atoms with Crippen molar-refractivity contribution in [1.82, 2.24) is 0 Å². The standard InChI is InChI=1S/C15H11ClN2O2S/c1-20-14-5-4-11(16)8-13(14)18-15(19)10(9-17)7-12-3-2-6-21-12/h2-8H,1H3,(H,18,19)/b10-7+. The predicted octanol–water partition coefficient (Wildman–Crippen LogP) is 3.96. The molecule has 1 amide bonds. The van der Waals surface area contributed by atoms with E-state index >= 15 is 0 Å². The first-order chi connectivity index (χ1) is 10.1. The Bertz CT molecular complexity index is 718. The molecule has 1 aromatic heterocycles. The number of nitrogens with one attached hydrogen (secondary N) is 1. The first-order valence-electron chi connectivity index (χ1n) is 5.94. The maximum absolute atomic E-state index is 12.2. The van der Waals surface area contributed by atoms with Gasteiger partial charge in [-0.25, -0.2) is 0 Å². The molecule has 1 N–H and O–H groups in total. The first kappa shape index (κ1) is 15.1. The molecule has 0 saturated carbocycles. The van der Waals surface area contributed by atoms with Gasteiger partial charge in [-0.1, -0.05) is 17.7 Å². The summed E-state index contributed by atoms with van der Waals surface area (Å²) in [7, 11) is 1.49. The second-order valence-electron chi connectivity index (χ2n) is 3.98. The van der Waals surface area contributed by atoms with Crippen LogP contribution in [0.15, 0.2) is 41.3 Å². The number of thiophene rings is 1. The zero-order chi connectivity index (χ0) is 15.2. The van der Waals surface area contributed by atoms with Crippen molar-refractivity contribution in [3.05, 3.63) is 51.2 Å². The Balaban J connectivity index is 2.25. The summed E-state index contributed by atoms with van der Waals surface area (Å²) < 4.78 is 5.15. The highest BCUT2D eigenvalue weighted by Crippen LogP contribution is 2.28. The van der Waals surface area contributed by atoms with Gasteiger partial charge in [-0.05, 0) is 35.7 Å². The number of benzene rings is 1. The smallest absolute Gasteiger partial charge is 0.266 e. The molecule has 0 aliphatic rings. The van der Waals surface area contributed by atoms with Gasteiger partial charge in [-0.15, -0.1) is 11.3 Å². The van der Waals surface area contributed by atoms with Crippen molar-refractivity contribution < 1.29 is 9.53 Å². The molecule has 6 heteroatoms. The van der Waals surface area contributed by atoms with Crippen molar-refractivity contribution >= 4 is 40.6 Å². The summed E-state index contributed by atoms with van der Waals surface area (Å²) in [5.41, 5.74) is 0.432. The quantitative estimate of drug-likeness (QED) is 0.685. The van der Waals surface area contributed by atoms with E-state index in [1.165, 1.54) is 24.5 Å². The Morgan fingerprint density at radius 3 is 2.90 bits per heavy atom. The van der Waals surface area contributed by atoms with Crippen molar-refractivity contribution in [2.24, 2.45) is 0 Å². The maximum Gasteiger partial charge on any atom is 0.266 e. The zero-order valence-electron chi connectivity index (χ0n) is 11.1. The Kier molecular flexibility index (Phi) is 4.99. The summed E-state index contributed by atoms with van der Waals surface area (Å²) in [6, 6.07) is 10.4. The molecule has 0 bridgehead atoms. The van der Waals surface area contributed by atoms with Crippen LogP contribution in [0, 0.1) is 11.3 Å². The van der Waals surface area contributed by atoms with Crippen LogP contribution in [0.4, 0.5) is 5.69 Å². The van der Waals surface area contributed by atoms with Crippen molar-refractivity contribution in [2.45, 2.75) is 0 Å². The zero-order valence-corrected chi connectivity index (χ0v) is 12.7. The topological polar surface area (TPSA) is 62.1 Å². The normalized spacial score (nSPS) is 10.8. The van der Waals surface area contributed by atoms with E-state index in [0.717, 1.165) is 4.88 Å². The van der Waals surface area contributed by atoms with Crippen molar-refractivity contribution in [1.29, 1.82) is 5.26 Å². The highest BCUT2D eigenvalue weighted by Gasteiger charge is 2.13. The summed E-state index contributed by atoms with van der Waals surface area (Å²) in [5, 5.41) is 14.1. The van der Waals surface area contributed by atoms with E-state index in [1.54, 1.807) is 18.2 Å². The lowest BCUT2D eigenvalue weighted by atomic mass is 10.2. The molecule has 0 aliphatic heterocycles. The van der Waals surface area contributed by atoms with Gasteiger partial charge in [0, 0.05) is 9.90 Å². The van der Waals surface area contributed by atoms with Crippen LogP contribution in [0.5, 0.6) is 5.75 Å². The van der Waals surface area contributed by atoms with E-state index in [0.29, 0.717) is 16.5 Å². The number of hydrogen-bond donors (Lipinski definition) is 1. The highest BCUT2D eigenvalue weighted by atomic mass is 35.5. The van der Waals surface area contributed by atoms with E-state index in [9.17, 15) is 4.79 Å². The molecule has 0 fully saturated rings. The minimum absolute atomic E-state index is 0.0134. The molecule has 2 aromatic rings. The number of nitriles is 1. The van der Waals surface area contributed by atoms with E-state index in [4.69, 9.17) is 21.6 Å². The monoisotopic (exact) mass is 318 g/mol. The number of amides is 1. The lowest BCUT2D eigenvalue weighted by Gasteiger charge is -2.09. The molecule has 21 heavy (non-hydrogen) atoms. The van der Waals surface area contributed by atoms with Gasteiger partial charge in [-0.3, -0.25) is 4.79 Å². The van der Waals surface area contributed by atoms with Crippen molar-refractivity contribution in [2.75, 3.05) is 12.4 Å². The van der Waals surface area contributed by atoms with E-state index in [1.807, 2.05) is 23.6 Å². The first-order valence-corrected chi connectivity index (χ1v) is 7.20. The van der Waals surface area contributed by atoms with Crippen LogP contribution < -0.4 is 10.1 Å². The van der Waals surface area contributed by atoms with Gasteiger partial charge < -0.3 is 10.1 Å². The van der Waals surface area contributed by atoms with Crippen LogP contribution in [-0.4, -0.2) is 13.0 Å². The summed E-state index contributed by atoms with van der Waals surface area (Å²) in [5.74, 6) is -0.0346. The molecule has 106 valence electrons. The lowest BCUT2D eigenvalue weighted by molar-refractivity contribution is -0.112. The minimum atomic E-state index is -0.508. The molecule has 0 radical (unpaired) electrons. The number of nitrogens with zero attached hydrogens (tertiary/aromatic N) is 1. The van der Waals surface area contributed by atoms with Crippen LogP contribution >= 0.6 is 22.9 Å². The van der Waals surface area contributed by atoms with E-state index < -0.39 is 5.91 Å². The second-order valence-corrected chi connectivity index (χ2v) is 5.40. The molecular formula is C15H11ClN2O2S. The Morgan fingerprint density at radius 2 is 2.29 bits per heavy atom. The fourth-order valence-corrected chi connectivity index (χ4v) is 2.46. The van der Waals surface area contributed by atoms with Crippen LogP contribution in [-0.2, 0) is 4.79 Å². The summed E-state index contributed by atoms with van der Waals surface area (Å²) in [4.78, 5) is 13.0. The maximum atomic E-state index is 12.2. The average Bonchev–Trinajstić information content (AvgIpc) is 2.98. The number of hydrogen-bond acceptors (Lipinski definition) is 4. The number of ether oxygens (including phenoxy) is 1. The number of carbonyl (C=O) groups is 1. The fourth-order valence-electron chi connectivity index (χ4n) is 1.63. The summed E-state index contributed by atoms with van der Waals surface area (Å²) in [6.07, 6.45) is 1.54. The van der Waals surface area contributed by atoms with Gasteiger partial charge in [-0.2, -0.15) is 5.26 Å². The highest BCUT2D eigenvalue weighted by molar-refractivity contribution is 7.10. The Morgan fingerprint density at radius 1 is 1.48 bits per heavy atom. The molecule has 0 unspecified atom stereocenters. The number of carbonyl (C=O) groups excluding carboxylic acids is 1.